The third-order valence-corrected chi connectivity index (χ3v) is 6.67. The average molecular weight is 514 g/mol. The summed E-state index contributed by atoms with van der Waals surface area (Å²) in [4.78, 5) is 26.1. The molecule has 0 spiro atoms. The number of urea groups is 1. The standard InChI is InChI=1S/C26H26F3N5O3/c27-26(28,29)17-3-1-2-16(12-17)22-6-7-23-24(32-22)34(20-9-11-33(23)14-20)25(37)31-19-8-10-30-18(13-19)4-5-21(36)15-35/h1-3,6-8,10,12-13,20-21,35-36H,4-5,9,11,14-15H2,(H,30,31,37)/t20-,21+/m0/s1. The Labute approximate surface area is 211 Å². The van der Waals surface area contributed by atoms with Gasteiger partial charge in [-0.15, -0.1) is 0 Å². The molecule has 8 nitrogen and oxygen atoms in total. The molecule has 2 atom stereocenters. The van der Waals surface area contributed by atoms with Crippen molar-refractivity contribution in [3.63, 3.8) is 0 Å². The highest BCUT2D eigenvalue weighted by Crippen LogP contribution is 2.41. The van der Waals surface area contributed by atoms with Gasteiger partial charge in [-0.3, -0.25) is 9.88 Å². The van der Waals surface area contributed by atoms with Crippen molar-refractivity contribution in [3.8, 4) is 11.3 Å². The number of benzene rings is 1. The van der Waals surface area contributed by atoms with E-state index in [1.165, 1.54) is 6.07 Å². The van der Waals surface area contributed by atoms with E-state index >= 15 is 0 Å². The van der Waals surface area contributed by atoms with Crippen LogP contribution in [0.5, 0.6) is 0 Å². The summed E-state index contributed by atoms with van der Waals surface area (Å²) in [6.45, 7) is 1.06. The lowest BCUT2D eigenvalue weighted by atomic mass is 10.1. The van der Waals surface area contributed by atoms with Crippen molar-refractivity contribution in [2.24, 2.45) is 0 Å². The molecule has 2 aliphatic heterocycles. The first kappa shape index (κ1) is 25.0. The number of hydrogen-bond acceptors (Lipinski definition) is 6. The molecule has 1 aromatic carbocycles. The fourth-order valence-electron chi connectivity index (χ4n) is 4.77. The molecule has 0 saturated carbocycles. The topological polar surface area (TPSA) is 102 Å². The predicted molar refractivity (Wildman–Crippen MR) is 132 cm³/mol. The second kappa shape index (κ2) is 9.98. The first-order valence-electron chi connectivity index (χ1n) is 12.0. The normalized spacial score (nSPS) is 17.5. The molecular weight excluding hydrogens is 487 g/mol. The molecule has 37 heavy (non-hydrogen) atoms. The number of rotatable bonds is 6. The van der Waals surface area contributed by atoms with Gasteiger partial charge in [0.05, 0.1) is 35.7 Å². The zero-order valence-corrected chi connectivity index (χ0v) is 19.8. The Hall–Kier alpha value is -3.70. The third kappa shape index (κ3) is 5.23. The number of nitrogens with one attached hydrogen (secondary N) is 1. The highest BCUT2D eigenvalue weighted by atomic mass is 19.4. The molecule has 1 saturated heterocycles. The second-order valence-corrected chi connectivity index (χ2v) is 9.22. The SMILES string of the molecule is O=C(Nc1ccnc(CC[C@@H](O)CO)c1)N1c2nc(-c3cccc(C(F)(F)F)c3)ccc2N2CC[C@H]1C2. The summed E-state index contributed by atoms with van der Waals surface area (Å²) in [5.41, 5.74) is 1.83. The van der Waals surface area contributed by atoms with Gasteiger partial charge in [-0.2, -0.15) is 13.2 Å². The molecule has 2 aliphatic rings. The maximum atomic E-state index is 13.5. The summed E-state index contributed by atoms with van der Waals surface area (Å²) in [5.74, 6) is 0.404. The van der Waals surface area contributed by atoms with Gasteiger partial charge in [-0.05, 0) is 55.7 Å². The van der Waals surface area contributed by atoms with Crippen LogP contribution in [0.3, 0.4) is 0 Å². The number of nitrogens with zero attached hydrogens (tertiary/aromatic N) is 4. The number of halogens is 3. The van der Waals surface area contributed by atoms with E-state index in [9.17, 15) is 23.1 Å². The minimum absolute atomic E-state index is 0.127. The molecule has 0 unspecified atom stereocenters. The van der Waals surface area contributed by atoms with E-state index in [1.807, 2.05) is 0 Å². The number of hydrogen-bond donors (Lipinski definition) is 3. The van der Waals surface area contributed by atoms with E-state index in [-0.39, 0.29) is 12.6 Å². The lowest BCUT2D eigenvalue weighted by Gasteiger charge is -2.36. The van der Waals surface area contributed by atoms with Gasteiger partial charge in [0.25, 0.3) is 0 Å². The fraction of sp³-hybridized carbons (Fsp3) is 0.346. The number of alkyl halides is 3. The molecule has 1 fully saturated rings. The molecule has 4 heterocycles. The molecule has 3 N–H and O–H groups in total. The van der Waals surface area contributed by atoms with Crippen LogP contribution in [0.2, 0.25) is 0 Å². The number of carbonyl (C=O) groups excluding carboxylic acids is 1. The van der Waals surface area contributed by atoms with E-state index in [0.717, 1.165) is 30.8 Å². The maximum Gasteiger partial charge on any atom is 0.416 e. The summed E-state index contributed by atoms with van der Waals surface area (Å²) in [6.07, 6.45) is -2.25. The number of pyridine rings is 2. The monoisotopic (exact) mass is 513 g/mol. The van der Waals surface area contributed by atoms with Crippen molar-refractivity contribution in [1.82, 2.24) is 9.97 Å². The molecule has 194 valence electrons. The van der Waals surface area contributed by atoms with Gasteiger partial charge in [0.1, 0.15) is 0 Å². The van der Waals surface area contributed by atoms with E-state index in [1.54, 1.807) is 41.4 Å². The van der Waals surface area contributed by atoms with Gasteiger partial charge in [0.15, 0.2) is 5.82 Å². The summed E-state index contributed by atoms with van der Waals surface area (Å²) < 4.78 is 39.8. The van der Waals surface area contributed by atoms with E-state index in [0.29, 0.717) is 47.8 Å². The Morgan fingerprint density at radius 1 is 1.19 bits per heavy atom. The number of aliphatic hydroxyl groups excluding tert-OH is 2. The molecule has 2 amide bonds. The van der Waals surface area contributed by atoms with Crippen molar-refractivity contribution in [2.45, 2.75) is 37.6 Å². The summed E-state index contributed by atoms with van der Waals surface area (Å²) in [5, 5.41) is 21.5. The van der Waals surface area contributed by atoms with Crippen molar-refractivity contribution in [1.29, 1.82) is 0 Å². The van der Waals surface area contributed by atoms with Crippen LogP contribution < -0.4 is 15.1 Å². The number of aryl methyl sites for hydroxylation is 1. The molecule has 11 heteroatoms. The molecule has 0 radical (unpaired) electrons. The van der Waals surface area contributed by atoms with Crippen LogP contribution >= 0.6 is 0 Å². The number of aromatic nitrogens is 2. The first-order valence-corrected chi connectivity index (χ1v) is 12.0. The highest BCUT2D eigenvalue weighted by molar-refractivity contribution is 6.04. The Morgan fingerprint density at radius 2 is 2.03 bits per heavy atom. The molecule has 0 aliphatic carbocycles. The summed E-state index contributed by atoms with van der Waals surface area (Å²) in [6, 6.07) is 11.3. The molecule has 2 bridgehead atoms. The van der Waals surface area contributed by atoms with Crippen LogP contribution in [0.4, 0.5) is 35.2 Å². The minimum Gasteiger partial charge on any atom is -0.394 e. The Morgan fingerprint density at radius 3 is 2.81 bits per heavy atom. The predicted octanol–water partition coefficient (Wildman–Crippen LogP) is 4.08. The number of amides is 2. The molecular formula is C26H26F3N5O3. The first-order chi connectivity index (χ1) is 17.7. The number of aliphatic hydroxyl groups is 2. The van der Waals surface area contributed by atoms with Gasteiger partial charge < -0.3 is 20.4 Å². The number of fused-ring (bicyclic) bond motifs is 4. The van der Waals surface area contributed by atoms with Gasteiger partial charge in [0.2, 0.25) is 0 Å². The second-order valence-electron chi connectivity index (χ2n) is 9.22. The lowest BCUT2D eigenvalue weighted by molar-refractivity contribution is -0.137. The Bertz CT molecular complexity index is 1300. The van der Waals surface area contributed by atoms with E-state index < -0.39 is 23.9 Å². The van der Waals surface area contributed by atoms with Gasteiger partial charge in [-0.25, -0.2) is 9.78 Å². The highest BCUT2D eigenvalue weighted by Gasteiger charge is 2.40. The van der Waals surface area contributed by atoms with E-state index in [4.69, 9.17) is 5.11 Å². The van der Waals surface area contributed by atoms with Gasteiger partial charge in [-0.1, -0.05) is 12.1 Å². The number of anilines is 3. The minimum atomic E-state index is -4.47. The van der Waals surface area contributed by atoms with Crippen molar-refractivity contribution >= 4 is 23.2 Å². The zero-order chi connectivity index (χ0) is 26.2. The summed E-state index contributed by atoms with van der Waals surface area (Å²) >= 11 is 0. The van der Waals surface area contributed by atoms with E-state index in [2.05, 4.69) is 20.2 Å². The smallest absolute Gasteiger partial charge is 0.394 e. The largest absolute Gasteiger partial charge is 0.416 e. The van der Waals surface area contributed by atoms with Gasteiger partial charge >= 0.3 is 12.2 Å². The Balaban J connectivity index is 1.42. The van der Waals surface area contributed by atoms with Crippen LogP contribution in [-0.2, 0) is 12.6 Å². The average Bonchev–Trinajstić information content (AvgIpc) is 3.31. The number of carbonyl (C=O) groups is 1. The van der Waals surface area contributed by atoms with Crippen LogP contribution in [0.25, 0.3) is 11.3 Å². The molecule has 3 aromatic rings. The third-order valence-electron chi connectivity index (χ3n) is 6.67. The van der Waals surface area contributed by atoms with Crippen LogP contribution in [-0.4, -0.2) is 58.1 Å². The molecule has 2 aromatic heterocycles. The zero-order valence-electron chi connectivity index (χ0n) is 19.8. The van der Waals surface area contributed by atoms with Crippen LogP contribution in [0.15, 0.2) is 54.7 Å². The van der Waals surface area contributed by atoms with Crippen LogP contribution in [0, 0.1) is 0 Å². The Kier molecular flexibility index (Phi) is 6.74. The van der Waals surface area contributed by atoms with Crippen molar-refractivity contribution < 1.29 is 28.2 Å². The van der Waals surface area contributed by atoms with Crippen LogP contribution in [0.1, 0.15) is 24.1 Å². The quantitative estimate of drug-likeness (QED) is 0.459. The van der Waals surface area contributed by atoms with Crippen molar-refractivity contribution in [2.75, 3.05) is 34.8 Å². The van der Waals surface area contributed by atoms with Gasteiger partial charge in [0, 0.05) is 36.2 Å². The fourth-order valence-corrected chi connectivity index (χ4v) is 4.77. The summed E-state index contributed by atoms with van der Waals surface area (Å²) in [7, 11) is 0. The van der Waals surface area contributed by atoms with Crippen molar-refractivity contribution in [3.05, 3.63) is 66.0 Å². The molecule has 5 rings (SSSR count). The lowest BCUT2D eigenvalue weighted by Crippen LogP contribution is -2.48. The maximum absolute atomic E-state index is 13.5.